The van der Waals surface area contributed by atoms with Gasteiger partial charge in [-0.15, -0.1) is 0 Å². The van der Waals surface area contributed by atoms with Gasteiger partial charge in [-0.05, 0) is 54.8 Å². The summed E-state index contributed by atoms with van der Waals surface area (Å²) >= 11 is 12.0. The van der Waals surface area contributed by atoms with Gasteiger partial charge >= 0.3 is 5.97 Å². The summed E-state index contributed by atoms with van der Waals surface area (Å²) in [5, 5.41) is 1.05. The highest BCUT2D eigenvalue weighted by atomic mass is 35.5. The first-order valence-corrected chi connectivity index (χ1v) is 11.6. The highest BCUT2D eigenvalue weighted by molar-refractivity contribution is 6.34. The van der Waals surface area contributed by atoms with Crippen molar-refractivity contribution in [2.45, 2.75) is 19.3 Å². The van der Waals surface area contributed by atoms with Crippen LogP contribution in [0.25, 0.3) is 6.08 Å². The van der Waals surface area contributed by atoms with Gasteiger partial charge in [0, 0.05) is 58.8 Å². The minimum absolute atomic E-state index is 0.0408. The van der Waals surface area contributed by atoms with Crippen molar-refractivity contribution in [1.29, 1.82) is 0 Å². The van der Waals surface area contributed by atoms with E-state index in [1.54, 1.807) is 48.6 Å². The van der Waals surface area contributed by atoms with E-state index in [2.05, 4.69) is 0 Å². The molecule has 2 aromatic carbocycles. The normalized spacial score (nSPS) is 18.9. The van der Waals surface area contributed by atoms with Crippen LogP contribution in [0.15, 0.2) is 42.5 Å². The molecule has 0 aromatic heterocycles. The molecule has 0 radical (unpaired) electrons. The summed E-state index contributed by atoms with van der Waals surface area (Å²) in [5.41, 5.74) is 2.21. The number of likely N-dealkylation sites (tertiary alicyclic amines) is 2. The molecule has 5 rings (SSSR count). The van der Waals surface area contributed by atoms with Gasteiger partial charge in [-0.2, -0.15) is 0 Å². The second-order valence-corrected chi connectivity index (χ2v) is 9.87. The number of amides is 2. The number of hydrogen-bond acceptors (Lipinski definition) is 4. The van der Waals surface area contributed by atoms with Crippen LogP contribution in [-0.2, 0) is 16.0 Å². The van der Waals surface area contributed by atoms with Crippen molar-refractivity contribution in [3.63, 3.8) is 0 Å². The smallest absolute Gasteiger partial charge is 0.315 e. The van der Waals surface area contributed by atoms with Gasteiger partial charge in [0.05, 0.1) is 6.42 Å². The van der Waals surface area contributed by atoms with Gasteiger partial charge < -0.3 is 14.5 Å². The number of carbonyl (C=O) groups excluding carboxylic acids is 3. The monoisotopic (exact) mass is 484 g/mol. The molecule has 2 aromatic rings. The molecule has 3 heterocycles. The first-order valence-electron chi connectivity index (χ1n) is 10.9. The summed E-state index contributed by atoms with van der Waals surface area (Å²) in [4.78, 5) is 40.6. The van der Waals surface area contributed by atoms with Crippen LogP contribution in [0.4, 0.5) is 0 Å². The lowest BCUT2D eigenvalue weighted by atomic mass is 9.71. The molecule has 0 N–H and O–H groups in total. The van der Waals surface area contributed by atoms with Crippen molar-refractivity contribution < 1.29 is 19.1 Å². The Balaban J connectivity index is 1.14. The molecule has 170 valence electrons. The average molecular weight is 485 g/mol. The Kier molecular flexibility index (Phi) is 5.67. The van der Waals surface area contributed by atoms with Crippen molar-refractivity contribution in [2.75, 3.05) is 26.2 Å². The fourth-order valence-corrected chi connectivity index (χ4v) is 5.34. The molecule has 1 spiro atoms. The predicted molar refractivity (Wildman–Crippen MR) is 125 cm³/mol. The zero-order valence-corrected chi connectivity index (χ0v) is 19.4. The highest BCUT2D eigenvalue weighted by Gasteiger charge is 2.47. The minimum atomic E-state index is -0.287. The Morgan fingerprint density at radius 3 is 2.36 bits per heavy atom. The molecular formula is C25H22Cl2N2O4. The van der Waals surface area contributed by atoms with Crippen LogP contribution in [0.5, 0.6) is 5.75 Å². The van der Waals surface area contributed by atoms with E-state index in [0.29, 0.717) is 47.5 Å². The second-order valence-electron chi connectivity index (χ2n) is 9.00. The van der Waals surface area contributed by atoms with Crippen LogP contribution in [-0.4, -0.2) is 53.8 Å². The van der Waals surface area contributed by atoms with Crippen molar-refractivity contribution in [3.8, 4) is 5.75 Å². The molecule has 8 heteroatoms. The van der Waals surface area contributed by atoms with E-state index in [4.69, 9.17) is 27.9 Å². The van der Waals surface area contributed by atoms with Crippen molar-refractivity contribution in [2.24, 2.45) is 5.41 Å². The van der Waals surface area contributed by atoms with Crippen LogP contribution in [0.2, 0.25) is 10.0 Å². The molecule has 0 atom stereocenters. The Morgan fingerprint density at radius 1 is 0.970 bits per heavy atom. The molecule has 6 nitrogen and oxygen atoms in total. The van der Waals surface area contributed by atoms with Gasteiger partial charge in [-0.3, -0.25) is 14.4 Å². The van der Waals surface area contributed by atoms with Gasteiger partial charge in [-0.1, -0.05) is 29.3 Å². The van der Waals surface area contributed by atoms with E-state index in [-0.39, 0.29) is 29.6 Å². The van der Waals surface area contributed by atoms with E-state index >= 15 is 0 Å². The van der Waals surface area contributed by atoms with Gasteiger partial charge in [0.15, 0.2) is 0 Å². The summed E-state index contributed by atoms with van der Waals surface area (Å²) in [5.74, 6) is 0.111. The lowest BCUT2D eigenvalue weighted by molar-refractivity contribution is -0.132. The van der Waals surface area contributed by atoms with Gasteiger partial charge in [0.25, 0.3) is 5.91 Å². The number of nitrogens with zero attached hydrogens (tertiary/aromatic N) is 2. The van der Waals surface area contributed by atoms with E-state index in [9.17, 15) is 14.4 Å². The standard InChI is InChI=1S/C25H22Cl2N2O4/c26-19-9-16(10-20(27)13-19)1-4-22(30)28-7-5-25(6-8-28)14-29(15-25)24(32)18-3-2-17-12-23(31)33-21(17)11-18/h1-4,9-11,13H,5-8,12,14-15H2/b4-1+. The average Bonchev–Trinajstić information content (AvgIpc) is 3.14. The third-order valence-corrected chi connectivity index (χ3v) is 7.09. The highest BCUT2D eigenvalue weighted by Crippen LogP contribution is 2.41. The van der Waals surface area contributed by atoms with Gasteiger partial charge in [0.2, 0.25) is 5.91 Å². The fraction of sp³-hybridized carbons (Fsp3) is 0.320. The topological polar surface area (TPSA) is 66.9 Å². The van der Waals surface area contributed by atoms with E-state index in [0.717, 1.165) is 24.0 Å². The van der Waals surface area contributed by atoms with Crippen LogP contribution in [0.3, 0.4) is 0 Å². The largest absolute Gasteiger partial charge is 0.426 e. The zero-order valence-electron chi connectivity index (χ0n) is 17.9. The fourth-order valence-electron chi connectivity index (χ4n) is 4.79. The maximum atomic E-state index is 12.9. The number of hydrogen-bond donors (Lipinski definition) is 0. The third kappa shape index (κ3) is 4.50. The predicted octanol–water partition coefficient (Wildman–Crippen LogP) is 4.23. The van der Waals surface area contributed by atoms with Crippen LogP contribution < -0.4 is 4.74 Å². The Labute approximate surface area is 201 Å². The van der Waals surface area contributed by atoms with E-state index in [1.165, 1.54) is 0 Å². The van der Waals surface area contributed by atoms with Crippen LogP contribution in [0, 0.1) is 5.41 Å². The molecule has 2 fully saturated rings. The summed E-state index contributed by atoms with van der Waals surface area (Å²) in [6.45, 7) is 2.69. The first-order chi connectivity index (χ1) is 15.8. The summed E-state index contributed by atoms with van der Waals surface area (Å²) < 4.78 is 5.17. The summed E-state index contributed by atoms with van der Waals surface area (Å²) in [6.07, 6.45) is 5.26. The minimum Gasteiger partial charge on any atom is -0.426 e. The number of piperidine rings is 1. The Hall–Kier alpha value is -2.83. The summed E-state index contributed by atoms with van der Waals surface area (Å²) in [6, 6.07) is 10.4. The number of rotatable bonds is 3. The lowest BCUT2D eigenvalue weighted by Crippen LogP contribution is -2.62. The maximum absolute atomic E-state index is 12.9. The third-order valence-electron chi connectivity index (χ3n) is 6.65. The molecule has 2 amide bonds. The summed E-state index contributed by atoms with van der Waals surface area (Å²) in [7, 11) is 0. The van der Waals surface area contributed by atoms with Crippen LogP contribution >= 0.6 is 23.2 Å². The number of halogens is 2. The number of fused-ring (bicyclic) bond motifs is 1. The quantitative estimate of drug-likeness (QED) is 0.371. The van der Waals surface area contributed by atoms with Crippen LogP contribution in [0.1, 0.15) is 34.3 Å². The van der Waals surface area contributed by atoms with Crippen molar-refractivity contribution >= 4 is 47.1 Å². The molecule has 0 bridgehead atoms. The van der Waals surface area contributed by atoms with Crippen molar-refractivity contribution in [3.05, 3.63) is 69.2 Å². The zero-order chi connectivity index (χ0) is 23.2. The van der Waals surface area contributed by atoms with Crippen molar-refractivity contribution in [1.82, 2.24) is 9.80 Å². The molecule has 3 aliphatic heterocycles. The number of benzene rings is 2. The Bertz CT molecular complexity index is 1160. The number of ether oxygens (including phenoxy) is 1. The lowest BCUT2D eigenvalue weighted by Gasteiger charge is -2.53. The number of carbonyl (C=O) groups is 3. The Morgan fingerprint density at radius 2 is 1.67 bits per heavy atom. The van der Waals surface area contributed by atoms with E-state index in [1.807, 2.05) is 9.80 Å². The molecular weight excluding hydrogens is 463 g/mol. The molecule has 3 aliphatic rings. The second kappa shape index (κ2) is 8.50. The molecule has 33 heavy (non-hydrogen) atoms. The molecule has 0 aliphatic carbocycles. The maximum Gasteiger partial charge on any atom is 0.315 e. The van der Waals surface area contributed by atoms with Gasteiger partial charge in [-0.25, -0.2) is 0 Å². The molecule has 0 saturated carbocycles. The first kappa shape index (κ1) is 22.0. The number of esters is 1. The molecule has 2 saturated heterocycles. The van der Waals surface area contributed by atoms with E-state index < -0.39 is 0 Å². The molecule has 0 unspecified atom stereocenters. The SMILES string of the molecule is O=C1Cc2ccc(C(=O)N3CC4(CCN(C(=O)/C=C/c5cc(Cl)cc(Cl)c5)CC4)C3)cc2O1. The van der Waals surface area contributed by atoms with Gasteiger partial charge in [0.1, 0.15) is 5.75 Å².